The predicted molar refractivity (Wildman–Crippen MR) is 105 cm³/mol. The highest BCUT2D eigenvalue weighted by atomic mass is 79.9. The molecular formula is C21H23BrN2O. The minimum atomic E-state index is 0.569. The van der Waals surface area contributed by atoms with E-state index in [2.05, 4.69) is 63.6 Å². The van der Waals surface area contributed by atoms with Gasteiger partial charge in [-0.3, -0.25) is 4.98 Å². The van der Waals surface area contributed by atoms with E-state index in [9.17, 15) is 0 Å². The van der Waals surface area contributed by atoms with Crippen molar-refractivity contribution in [2.45, 2.75) is 46.3 Å². The lowest BCUT2D eigenvalue weighted by Crippen LogP contribution is -2.18. The van der Waals surface area contributed by atoms with Crippen LogP contribution in [0.15, 0.2) is 41.0 Å². The molecule has 1 aliphatic rings. The summed E-state index contributed by atoms with van der Waals surface area (Å²) < 4.78 is 9.73. The van der Waals surface area contributed by atoms with E-state index in [1.54, 1.807) is 0 Å². The molecule has 25 heavy (non-hydrogen) atoms. The number of halogens is 1. The Hall–Kier alpha value is -1.81. The first kappa shape index (κ1) is 16.6. The number of ether oxygens (including phenoxy) is 1. The fraction of sp³-hybridized carbons (Fsp3) is 0.381. The second kappa shape index (κ2) is 6.83. The molecule has 0 saturated heterocycles. The van der Waals surface area contributed by atoms with Gasteiger partial charge in [0.05, 0.1) is 5.52 Å². The molecule has 0 spiro atoms. The molecule has 1 saturated carbocycles. The molecule has 0 N–H and O–H groups in total. The van der Waals surface area contributed by atoms with E-state index in [0.29, 0.717) is 6.61 Å². The van der Waals surface area contributed by atoms with Gasteiger partial charge < -0.3 is 9.30 Å². The maximum Gasteiger partial charge on any atom is 0.147 e. The van der Waals surface area contributed by atoms with Gasteiger partial charge in [-0.05, 0) is 55.9 Å². The van der Waals surface area contributed by atoms with Crippen LogP contribution in [0.25, 0.3) is 11.0 Å². The van der Waals surface area contributed by atoms with Gasteiger partial charge in [-0.2, -0.15) is 0 Å². The van der Waals surface area contributed by atoms with Crippen molar-refractivity contribution in [2.24, 2.45) is 5.92 Å². The van der Waals surface area contributed by atoms with Gasteiger partial charge >= 0.3 is 0 Å². The Morgan fingerprint density at radius 2 is 1.92 bits per heavy atom. The van der Waals surface area contributed by atoms with E-state index in [-0.39, 0.29) is 0 Å². The van der Waals surface area contributed by atoms with E-state index in [4.69, 9.17) is 4.74 Å². The largest absolute Gasteiger partial charge is 0.487 e. The zero-order chi connectivity index (χ0) is 17.4. The van der Waals surface area contributed by atoms with Crippen molar-refractivity contribution in [3.8, 4) is 5.75 Å². The number of rotatable bonds is 5. The van der Waals surface area contributed by atoms with Gasteiger partial charge in [0.2, 0.25) is 0 Å². The Morgan fingerprint density at radius 1 is 1.16 bits per heavy atom. The Bertz CT molecular complexity index is 894. The predicted octanol–water partition coefficient (Wildman–Crippen LogP) is 5.79. The van der Waals surface area contributed by atoms with Crippen LogP contribution in [0.5, 0.6) is 5.75 Å². The molecule has 0 unspecified atom stereocenters. The molecule has 0 atom stereocenters. The maximum atomic E-state index is 6.21. The van der Waals surface area contributed by atoms with Gasteiger partial charge in [-0.1, -0.05) is 34.5 Å². The second-order valence-corrected chi connectivity index (χ2v) is 7.96. The molecule has 1 aromatic carbocycles. The lowest BCUT2D eigenvalue weighted by atomic mass is 9.85. The quantitative estimate of drug-likeness (QED) is 0.543. The topological polar surface area (TPSA) is 27.1 Å². The third-order valence-corrected chi connectivity index (χ3v) is 5.96. The van der Waals surface area contributed by atoms with E-state index >= 15 is 0 Å². The van der Waals surface area contributed by atoms with Crippen molar-refractivity contribution in [2.75, 3.05) is 0 Å². The molecule has 2 aromatic heterocycles. The Labute approximate surface area is 157 Å². The summed E-state index contributed by atoms with van der Waals surface area (Å²) in [7, 11) is 0. The number of aromatic nitrogens is 2. The van der Waals surface area contributed by atoms with Crippen LogP contribution in [0, 0.1) is 19.8 Å². The van der Waals surface area contributed by atoms with Gasteiger partial charge in [0.25, 0.3) is 0 Å². The SMILES string of the molecule is Cc1c(C)n(CC2CCC2)c2c(OCc3ccc(Br)cc3)ccnc12. The summed E-state index contributed by atoms with van der Waals surface area (Å²) in [6.45, 7) is 6.02. The van der Waals surface area contributed by atoms with E-state index in [1.807, 2.05) is 12.3 Å². The summed E-state index contributed by atoms with van der Waals surface area (Å²) in [4.78, 5) is 4.63. The van der Waals surface area contributed by atoms with Crippen molar-refractivity contribution >= 4 is 27.0 Å². The fourth-order valence-electron chi connectivity index (χ4n) is 3.53. The molecule has 4 rings (SSSR count). The lowest BCUT2D eigenvalue weighted by Gasteiger charge is -2.27. The van der Waals surface area contributed by atoms with Gasteiger partial charge in [0, 0.05) is 29.0 Å². The van der Waals surface area contributed by atoms with Gasteiger partial charge in [-0.25, -0.2) is 0 Å². The highest BCUT2D eigenvalue weighted by molar-refractivity contribution is 9.10. The van der Waals surface area contributed by atoms with Crippen molar-refractivity contribution in [3.63, 3.8) is 0 Å². The molecule has 0 aliphatic heterocycles. The number of aryl methyl sites for hydroxylation is 1. The van der Waals surface area contributed by atoms with E-state index < -0.39 is 0 Å². The Morgan fingerprint density at radius 3 is 2.60 bits per heavy atom. The smallest absolute Gasteiger partial charge is 0.147 e. The van der Waals surface area contributed by atoms with Crippen LogP contribution in [0.4, 0.5) is 0 Å². The highest BCUT2D eigenvalue weighted by Crippen LogP contribution is 2.35. The number of fused-ring (bicyclic) bond motifs is 1. The molecule has 4 heteroatoms. The van der Waals surface area contributed by atoms with Crippen molar-refractivity contribution in [1.29, 1.82) is 0 Å². The average molecular weight is 399 g/mol. The van der Waals surface area contributed by atoms with Gasteiger partial charge in [0.15, 0.2) is 0 Å². The summed E-state index contributed by atoms with van der Waals surface area (Å²) in [6.07, 6.45) is 5.91. The third kappa shape index (κ3) is 3.20. The fourth-order valence-corrected chi connectivity index (χ4v) is 3.80. The van der Waals surface area contributed by atoms with E-state index in [1.165, 1.54) is 36.1 Å². The van der Waals surface area contributed by atoms with Crippen LogP contribution < -0.4 is 4.74 Å². The number of nitrogens with zero attached hydrogens (tertiary/aromatic N) is 2. The van der Waals surface area contributed by atoms with Crippen LogP contribution in [0.2, 0.25) is 0 Å². The molecule has 0 amide bonds. The summed E-state index contributed by atoms with van der Waals surface area (Å²) in [5, 5.41) is 0. The normalized spacial score (nSPS) is 14.7. The standard InChI is InChI=1S/C21H23BrN2O/c1-14-15(2)24(12-16-4-3-5-16)21-19(10-11-23-20(14)21)25-13-17-6-8-18(22)9-7-17/h6-11,16H,3-5,12-13H2,1-2H3. The summed E-state index contributed by atoms with van der Waals surface area (Å²) in [5.74, 6) is 1.73. The van der Waals surface area contributed by atoms with Crippen molar-refractivity contribution < 1.29 is 4.74 Å². The summed E-state index contributed by atoms with van der Waals surface area (Å²) in [6, 6.07) is 10.3. The Kier molecular flexibility index (Phi) is 4.55. The van der Waals surface area contributed by atoms with Crippen LogP contribution >= 0.6 is 15.9 Å². The lowest BCUT2D eigenvalue weighted by molar-refractivity contribution is 0.275. The molecule has 1 aliphatic carbocycles. The maximum absolute atomic E-state index is 6.21. The minimum absolute atomic E-state index is 0.569. The van der Waals surface area contributed by atoms with E-state index in [0.717, 1.165) is 33.7 Å². The summed E-state index contributed by atoms with van der Waals surface area (Å²) >= 11 is 3.48. The van der Waals surface area contributed by atoms with Crippen LogP contribution in [-0.4, -0.2) is 9.55 Å². The van der Waals surface area contributed by atoms with Gasteiger partial charge in [-0.15, -0.1) is 0 Å². The van der Waals surface area contributed by atoms with Gasteiger partial charge in [0.1, 0.15) is 17.9 Å². The molecule has 3 nitrogen and oxygen atoms in total. The minimum Gasteiger partial charge on any atom is -0.487 e. The molecule has 2 heterocycles. The van der Waals surface area contributed by atoms with Crippen molar-refractivity contribution in [1.82, 2.24) is 9.55 Å². The third-order valence-electron chi connectivity index (χ3n) is 5.43. The molecule has 3 aromatic rings. The molecule has 1 fully saturated rings. The Balaban J connectivity index is 1.67. The zero-order valence-corrected chi connectivity index (χ0v) is 16.3. The molecule has 0 bridgehead atoms. The van der Waals surface area contributed by atoms with Crippen LogP contribution in [-0.2, 0) is 13.2 Å². The monoisotopic (exact) mass is 398 g/mol. The number of pyridine rings is 1. The van der Waals surface area contributed by atoms with Crippen molar-refractivity contribution in [3.05, 3.63) is 57.8 Å². The van der Waals surface area contributed by atoms with Crippen LogP contribution in [0.3, 0.4) is 0 Å². The first-order chi connectivity index (χ1) is 12.1. The second-order valence-electron chi connectivity index (χ2n) is 7.04. The summed E-state index contributed by atoms with van der Waals surface area (Å²) in [5.41, 5.74) is 5.97. The highest BCUT2D eigenvalue weighted by Gasteiger charge is 2.22. The number of hydrogen-bond acceptors (Lipinski definition) is 2. The number of hydrogen-bond donors (Lipinski definition) is 0. The molecule has 130 valence electrons. The first-order valence-electron chi connectivity index (χ1n) is 8.95. The molecule has 0 radical (unpaired) electrons. The first-order valence-corrected chi connectivity index (χ1v) is 9.74. The molecular weight excluding hydrogens is 376 g/mol. The van der Waals surface area contributed by atoms with Crippen LogP contribution in [0.1, 0.15) is 36.1 Å². The number of benzene rings is 1. The zero-order valence-electron chi connectivity index (χ0n) is 14.8. The average Bonchev–Trinajstić information content (AvgIpc) is 2.83.